The van der Waals surface area contributed by atoms with Gasteiger partial charge >= 0.3 is 0 Å². The Hall–Kier alpha value is -2.19. The molecule has 0 bridgehead atoms. The lowest BCUT2D eigenvalue weighted by Crippen LogP contribution is -2.27. The van der Waals surface area contributed by atoms with E-state index < -0.39 is 17.8 Å². The highest BCUT2D eigenvalue weighted by Crippen LogP contribution is 2.19. The van der Waals surface area contributed by atoms with Crippen LogP contribution in [-0.4, -0.2) is 5.91 Å². The molecule has 1 atom stereocenters. The number of nitriles is 1. The molecule has 2 rings (SSSR count). The minimum atomic E-state index is -0.753. The van der Waals surface area contributed by atoms with Crippen LogP contribution in [0, 0.1) is 17.1 Å². The number of carbonyl (C=O) groups excluding carboxylic acids is 1. The number of amides is 1. The van der Waals surface area contributed by atoms with Gasteiger partial charge in [0.05, 0.1) is 11.6 Å². The molecule has 0 saturated heterocycles. The van der Waals surface area contributed by atoms with Gasteiger partial charge in [-0.15, -0.1) is 11.3 Å². The van der Waals surface area contributed by atoms with Gasteiger partial charge in [0.2, 0.25) is 0 Å². The van der Waals surface area contributed by atoms with Crippen molar-refractivity contribution in [3.05, 3.63) is 58.0 Å². The van der Waals surface area contributed by atoms with Crippen molar-refractivity contribution >= 4 is 17.2 Å². The second-order valence-corrected chi connectivity index (χ2v) is 4.51. The number of rotatable bonds is 3. The van der Waals surface area contributed by atoms with E-state index in [1.807, 2.05) is 11.4 Å². The van der Waals surface area contributed by atoms with E-state index in [9.17, 15) is 9.18 Å². The fourth-order valence-corrected chi connectivity index (χ4v) is 2.20. The summed E-state index contributed by atoms with van der Waals surface area (Å²) in [5.74, 6) is -1.19. The second-order valence-electron chi connectivity index (χ2n) is 3.53. The molecule has 1 aromatic heterocycles. The number of thiophene rings is 1. The molecule has 90 valence electrons. The third-order valence-electron chi connectivity index (χ3n) is 2.35. The van der Waals surface area contributed by atoms with Crippen LogP contribution in [0.25, 0.3) is 0 Å². The van der Waals surface area contributed by atoms with Gasteiger partial charge in [0.15, 0.2) is 6.04 Å². The van der Waals surface area contributed by atoms with E-state index >= 15 is 0 Å². The molecule has 3 nitrogen and oxygen atoms in total. The van der Waals surface area contributed by atoms with Gasteiger partial charge in [-0.25, -0.2) is 4.39 Å². The molecule has 0 fully saturated rings. The van der Waals surface area contributed by atoms with Crippen molar-refractivity contribution in [3.8, 4) is 6.07 Å². The molecule has 0 aliphatic heterocycles. The number of nitrogens with zero attached hydrogens (tertiary/aromatic N) is 1. The number of hydrogen-bond donors (Lipinski definition) is 1. The molecule has 1 heterocycles. The monoisotopic (exact) mass is 260 g/mol. The minimum absolute atomic E-state index is 0.0608. The molecule has 18 heavy (non-hydrogen) atoms. The van der Waals surface area contributed by atoms with E-state index in [2.05, 4.69) is 5.32 Å². The Kier molecular flexibility index (Phi) is 3.70. The quantitative estimate of drug-likeness (QED) is 0.922. The van der Waals surface area contributed by atoms with Crippen LogP contribution in [0.1, 0.15) is 21.3 Å². The summed E-state index contributed by atoms with van der Waals surface area (Å²) < 4.78 is 13.4. The molecular weight excluding hydrogens is 251 g/mol. The van der Waals surface area contributed by atoms with Gasteiger partial charge in [-0.1, -0.05) is 18.2 Å². The number of nitrogens with one attached hydrogen (secondary N) is 1. The minimum Gasteiger partial charge on any atom is -0.332 e. The van der Waals surface area contributed by atoms with Crippen LogP contribution >= 0.6 is 11.3 Å². The Labute approximate surface area is 107 Å². The molecule has 0 saturated carbocycles. The summed E-state index contributed by atoms with van der Waals surface area (Å²) in [7, 11) is 0. The number of halogens is 1. The average Bonchev–Trinajstić information content (AvgIpc) is 2.90. The zero-order chi connectivity index (χ0) is 13.0. The number of hydrogen-bond acceptors (Lipinski definition) is 3. The first kappa shape index (κ1) is 12.3. The highest BCUT2D eigenvalue weighted by molar-refractivity contribution is 7.10. The summed E-state index contributed by atoms with van der Waals surface area (Å²) in [6.45, 7) is 0. The summed E-state index contributed by atoms with van der Waals surface area (Å²) in [6, 6.07) is 10.4. The van der Waals surface area contributed by atoms with Crippen LogP contribution in [0.15, 0.2) is 41.8 Å². The van der Waals surface area contributed by atoms with Crippen LogP contribution in [-0.2, 0) is 0 Å². The lowest BCUT2D eigenvalue weighted by molar-refractivity contribution is 0.0941. The van der Waals surface area contributed by atoms with Gasteiger partial charge in [0.1, 0.15) is 5.82 Å². The summed E-state index contributed by atoms with van der Waals surface area (Å²) >= 11 is 1.37. The van der Waals surface area contributed by atoms with Crippen molar-refractivity contribution in [1.29, 1.82) is 5.26 Å². The zero-order valence-corrected chi connectivity index (χ0v) is 10.1. The Bertz CT molecular complexity index is 589. The zero-order valence-electron chi connectivity index (χ0n) is 9.26. The Morgan fingerprint density at radius 3 is 2.72 bits per heavy atom. The first-order chi connectivity index (χ1) is 8.72. The maximum absolute atomic E-state index is 13.4. The lowest BCUT2D eigenvalue weighted by Gasteiger charge is -2.10. The average molecular weight is 260 g/mol. The van der Waals surface area contributed by atoms with Crippen molar-refractivity contribution in [2.45, 2.75) is 6.04 Å². The molecule has 0 radical (unpaired) electrons. The van der Waals surface area contributed by atoms with Crippen molar-refractivity contribution < 1.29 is 9.18 Å². The molecule has 0 spiro atoms. The normalized spacial score (nSPS) is 11.6. The molecule has 5 heteroatoms. The fraction of sp³-hybridized carbons (Fsp3) is 0.0769. The standard InChI is InChI=1S/C13H9FN2OS/c14-10-5-2-1-4-9(10)13(17)16-11(8-15)12-6-3-7-18-12/h1-7,11H,(H,16,17). The van der Waals surface area contributed by atoms with E-state index in [1.54, 1.807) is 18.2 Å². The fourth-order valence-electron chi connectivity index (χ4n) is 1.48. The van der Waals surface area contributed by atoms with E-state index in [4.69, 9.17) is 5.26 Å². The summed E-state index contributed by atoms with van der Waals surface area (Å²) in [5, 5.41) is 13.3. The van der Waals surface area contributed by atoms with Gasteiger partial charge < -0.3 is 5.32 Å². The van der Waals surface area contributed by atoms with Crippen LogP contribution in [0.4, 0.5) is 4.39 Å². The molecule has 1 amide bonds. The van der Waals surface area contributed by atoms with E-state index in [1.165, 1.54) is 29.5 Å². The van der Waals surface area contributed by atoms with Crippen LogP contribution in [0.3, 0.4) is 0 Å². The first-order valence-electron chi connectivity index (χ1n) is 5.21. The summed E-state index contributed by atoms with van der Waals surface area (Å²) in [5.41, 5.74) is -0.0608. The van der Waals surface area contributed by atoms with E-state index in [-0.39, 0.29) is 5.56 Å². The third-order valence-corrected chi connectivity index (χ3v) is 3.29. The largest absolute Gasteiger partial charge is 0.332 e. The van der Waals surface area contributed by atoms with Gasteiger partial charge in [0.25, 0.3) is 5.91 Å². The van der Waals surface area contributed by atoms with Crippen molar-refractivity contribution in [2.24, 2.45) is 0 Å². The molecule has 1 unspecified atom stereocenters. The van der Waals surface area contributed by atoms with Crippen LogP contribution in [0.2, 0.25) is 0 Å². The molecule has 0 aliphatic carbocycles. The number of carbonyl (C=O) groups is 1. The van der Waals surface area contributed by atoms with Gasteiger partial charge in [0, 0.05) is 4.88 Å². The SMILES string of the molecule is N#CC(NC(=O)c1ccccc1F)c1cccs1. The Morgan fingerprint density at radius 2 is 2.11 bits per heavy atom. The van der Waals surface area contributed by atoms with Crippen molar-refractivity contribution in [1.82, 2.24) is 5.32 Å². The van der Waals surface area contributed by atoms with Crippen LogP contribution < -0.4 is 5.32 Å². The summed E-state index contributed by atoms with van der Waals surface area (Å²) in [6.07, 6.45) is 0. The van der Waals surface area contributed by atoms with Crippen LogP contribution in [0.5, 0.6) is 0 Å². The van der Waals surface area contributed by atoms with Gasteiger partial charge in [-0.05, 0) is 23.6 Å². The van der Waals surface area contributed by atoms with Crippen molar-refractivity contribution in [3.63, 3.8) is 0 Å². The predicted octanol–water partition coefficient (Wildman–Crippen LogP) is 2.88. The highest BCUT2D eigenvalue weighted by Gasteiger charge is 2.17. The smallest absolute Gasteiger partial charge is 0.255 e. The second kappa shape index (κ2) is 5.43. The number of benzene rings is 1. The molecular formula is C13H9FN2OS. The van der Waals surface area contributed by atoms with E-state index in [0.717, 1.165) is 4.88 Å². The van der Waals surface area contributed by atoms with Gasteiger partial charge in [-0.2, -0.15) is 5.26 Å². The highest BCUT2D eigenvalue weighted by atomic mass is 32.1. The molecule has 2 aromatic rings. The lowest BCUT2D eigenvalue weighted by atomic mass is 10.2. The van der Waals surface area contributed by atoms with Gasteiger partial charge in [-0.3, -0.25) is 4.79 Å². The predicted molar refractivity (Wildman–Crippen MR) is 66.5 cm³/mol. The topological polar surface area (TPSA) is 52.9 Å². The Balaban J connectivity index is 2.17. The third kappa shape index (κ3) is 2.55. The summed E-state index contributed by atoms with van der Waals surface area (Å²) in [4.78, 5) is 12.6. The molecule has 1 N–H and O–H groups in total. The van der Waals surface area contributed by atoms with E-state index in [0.29, 0.717) is 0 Å². The first-order valence-corrected chi connectivity index (χ1v) is 6.08. The molecule has 0 aliphatic rings. The maximum atomic E-state index is 13.4. The Morgan fingerprint density at radius 1 is 1.33 bits per heavy atom. The molecule has 1 aromatic carbocycles. The maximum Gasteiger partial charge on any atom is 0.255 e. The van der Waals surface area contributed by atoms with Crippen molar-refractivity contribution in [2.75, 3.05) is 0 Å².